The molecule has 0 unspecified atom stereocenters. The van der Waals surface area contributed by atoms with E-state index in [1.165, 1.54) is 34.9 Å². The van der Waals surface area contributed by atoms with Crippen molar-refractivity contribution in [2.45, 2.75) is 25.7 Å². The molecule has 0 aromatic heterocycles. The highest BCUT2D eigenvalue weighted by atomic mass is 16.3. The summed E-state index contributed by atoms with van der Waals surface area (Å²) in [5.74, 6) is 0.111. The van der Waals surface area contributed by atoms with Gasteiger partial charge >= 0.3 is 0 Å². The smallest absolute Gasteiger partial charge is 0.179 e. The van der Waals surface area contributed by atoms with Crippen molar-refractivity contribution in [1.29, 1.82) is 0 Å². The van der Waals surface area contributed by atoms with Crippen molar-refractivity contribution in [3.8, 4) is 5.75 Å². The number of allylic oxidation sites excluding steroid dienone is 4. The molecule has 0 spiro atoms. The van der Waals surface area contributed by atoms with Crippen molar-refractivity contribution < 1.29 is 5.11 Å². The molecule has 2 aromatic carbocycles. The van der Waals surface area contributed by atoms with E-state index in [1.54, 1.807) is 17.7 Å². The third-order valence-corrected chi connectivity index (χ3v) is 4.35. The van der Waals surface area contributed by atoms with E-state index in [0.717, 1.165) is 18.2 Å². The number of rotatable bonds is 0. The van der Waals surface area contributed by atoms with Crippen LogP contribution in [0.5, 0.6) is 5.75 Å². The number of hydrogen-bond acceptors (Lipinski definition) is 0. The molecular weight excluding hydrogens is 232 g/mol. The molecule has 0 saturated carbocycles. The molecule has 0 fully saturated rings. The van der Waals surface area contributed by atoms with Crippen LogP contribution in [-0.4, -0.2) is 0 Å². The van der Waals surface area contributed by atoms with Gasteiger partial charge in [-0.1, -0.05) is 35.9 Å². The Morgan fingerprint density at radius 1 is 0.947 bits per heavy atom. The maximum absolute atomic E-state index is 11.6. The first kappa shape index (κ1) is 10.9. The quantitative estimate of drug-likeness (QED) is 0.622. The van der Waals surface area contributed by atoms with Gasteiger partial charge in [-0.05, 0) is 65.3 Å². The zero-order chi connectivity index (χ0) is 12.8. The first-order valence-electron chi connectivity index (χ1n) is 6.94. The summed E-state index contributed by atoms with van der Waals surface area (Å²) in [7, 11) is 0. The Hall–Kier alpha value is -2.02. The third kappa shape index (κ3) is 1.61. The predicted molar refractivity (Wildman–Crippen MR) is 77.7 cm³/mol. The number of aryl methyl sites for hydroxylation is 1. The Balaban J connectivity index is 2.02. The van der Waals surface area contributed by atoms with Crippen LogP contribution in [0.4, 0.5) is 0 Å². The van der Waals surface area contributed by atoms with Gasteiger partial charge in [0.05, 0.1) is 0 Å². The largest absolute Gasteiger partial charge is 0.290 e. The zero-order valence-electron chi connectivity index (χ0n) is 10.8. The molecule has 19 heavy (non-hydrogen) atoms. The molecule has 93 valence electrons. The Morgan fingerprint density at radius 3 is 2.79 bits per heavy atom. The molecule has 0 aliphatic heterocycles. The maximum Gasteiger partial charge on any atom is 0.179 e. The molecule has 0 heterocycles. The molecule has 1 radical (unpaired) electrons. The molecule has 1 nitrogen and oxygen atoms in total. The lowest BCUT2D eigenvalue weighted by atomic mass is 9.79. The minimum Gasteiger partial charge on any atom is -0.290 e. The topological polar surface area (TPSA) is 19.9 Å². The molecule has 2 aliphatic carbocycles. The second-order valence-corrected chi connectivity index (χ2v) is 5.43. The van der Waals surface area contributed by atoms with Gasteiger partial charge in [-0.3, -0.25) is 5.11 Å². The molecule has 4 rings (SSSR count). The van der Waals surface area contributed by atoms with Gasteiger partial charge in [0.2, 0.25) is 0 Å². The van der Waals surface area contributed by atoms with Gasteiger partial charge in [0.1, 0.15) is 0 Å². The second kappa shape index (κ2) is 3.99. The van der Waals surface area contributed by atoms with E-state index in [4.69, 9.17) is 0 Å². The Kier molecular flexibility index (Phi) is 2.28. The van der Waals surface area contributed by atoms with Gasteiger partial charge in [0.25, 0.3) is 0 Å². The summed E-state index contributed by atoms with van der Waals surface area (Å²) in [6, 6.07) is 9.77. The van der Waals surface area contributed by atoms with Gasteiger partial charge in [0, 0.05) is 0 Å². The van der Waals surface area contributed by atoms with Crippen molar-refractivity contribution in [1.82, 2.24) is 0 Å². The molecule has 0 N–H and O–H groups in total. The van der Waals surface area contributed by atoms with E-state index < -0.39 is 0 Å². The summed E-state index contributed by atoms with van der Waals surface area (Å²) in [5, 5.41) is 14.0. The maximum atomic E-state index is 11.6. The van der Waals surface area contributed by atoms with Crippen molar-refractivity contribution in [3.05, 3.63) is 59.2 Å². The van der Waals surface area contributed by atoms with E-state index in [2.05, 4.69) is 24.3 Å². The fourth-order valence-corrected chi connectivity index (χ4v) is 3.41. The van der Waals surface area contributed by atoms with Crippen LogP contribution in [0.3, 0.4) is 0 Å². The average molecular weight is 247 g/mol. The van der Waals surface area contributed by atoms with Crippen LogP contribution >= 0.6 is 0 Å². The molecule has 2 aliphatic rings. The van der Waals surface area contributed by atoms with Crippen LogP contribution in [0.15, 0.2) is 48.1 Å². The number of benzene rings is 2. The standard InChI is InChI=1S/C18H15O/c19-14-8-5-13-7-9-16-15-4-2-1-3-12(15)6-10-17(16)18(13)11-14/h2,4-5,7-9,11H,1,3,6,10H2. The molecule has 0 saturated heterocycles. The predicted octanol–water partition coefficient (Wildman–Crippen LogP) is 5.03. The van der Waals surface area contributed by atoms with Gasteiger partial charge in [-0.2, -0.15) is 0 Å². The summed E-state index contributed by atoms with van der Waals surface area (Å²) < 4.78 is 0. The lowest BCUT2D eigenvalue weighted by Crippen LogP contribution is -2.06. The summed E-state index contributed by atoms with van der Waals surface area (Å²) in [5.41, 5.74) is 5.70. The highest BCUT2D eigenvalue weighted by Crippen LogP contribution is 2.40. The van der Waals surface area contributed by atoms with E-state index in [0.29, 0.717) is 0 Å². The van der Waals surface area contributed by atoms with Gasteiger partial charge in [0.15, 0.2) is 5.75 Å². The third-order valence-electron chi connectivity index (χ3n) is 4.35. The normalized spacial score (nSPS) is 17.5. The molecule has 1 heteroatoms. The number of hydrogen-bond donors (Lipinski definition) is 0. The van der Waals surface area contributed by atoms with Crippen LogP contribution in [0.25, 0.3) is 16.3 Å². The van der Waals surface area contributed by atoms with Crippen LogP contribution in [0.2, 0.25) is 0 Å². The lowest BCUT2D eigenvalue weighted by Gasteiger charge is -2.25. The number of fused-ring (bicyclic) bond motifs is 4. The van der Waals surface area contributed by atoms with Crippen LogP contribution in [0.1, 0.15) is 30.4 Å². The first-order chi connectivity index (χ1) is 9.33. The molecular formula is C18H15O. The van der Waals surface area contributed by atoms with Crippen molar-refractivity contribution in [3.63, 3.8) is 0 Å². The summed E-state index contributed by atoms with van der Waals surface area (Å²) in [4.78, 5) is 0. The van der Waals surface area contributed by atoms with Crippen LogP contribution in [-0.2, 0) is 11.5 Å². The summed E-state index contributed by atoms with van der Waals surface area (Å²) in [6.45, 7) is 0. The van der Waals surface area contributed by atoms with Gasteiger partial charge in [-0.25, -0.2) is 0 Å². The fraction of sp³-hybridized carbons (Fsp3) is 0.222. The van der Waals surface area contributed by atoms with Crippen LogP contribution in [0, 0.1) is 0 Å². The van der Waals surface area contributed by atoms with Gasteiger partial charge in [-0.15, -0.1) is 0 Å². The molecule has 0 bridgehead atoms. The van der Waals surface area contributed by atoms with E-state index in [9.17, 15) is 5.11 Å². The SMILES string of the molecule is [O]c1ccc2ccc3c(c2c1)CCC1=C3C=CCC1. The summed E-state index contributed by atoms with van der Waals surface area (Å²) >= 11 is 0. The molecule has 0 amide bonds. The monoisotopic (exact) mass is 247 g/mol. The minimum atomic E-state index is 0.111. The fourth-order valence-electron chi connectivity index (χ4n) is 3.41. The van der Waals surface area contributed by atoms with E-state index in [1.807, 2.05) is 6.07 Å². The van der Waals surface area contributed by atoms with Crippen LogP contribution < -0.4 is 0 Å². The lowest BCUT2D eigenvalue weighted by molar-refractivity contribution is 0.355. The second-order valence-electron chi connectivity index (χ2n) is 5.43. The van der Waals surface area contributed by atoms with Crippen molar-refractivity contribution in [2.24, 2.45) is 0 Å². The van der Waals surface area contributed by atoms with Crippen molar-refractivity contribution in [2.75, 3.05) is 0 Å². The van der Waals surface area contributed by atoms with E-state index >= 15 is 0 Å². The minimum absolute atomic E-state index is 0.111. The average Bonchev–Trinajstić information content (AvgIpc) is 2.46. The molecule has 2 aromatic rings. The Labute approximate surface area is 112 Å². The Morgan fingerprint density at radius 2 is 1.84 bits per heavy atom. The molecule has 0 atom stereocenters. The van der Waals surface area contributed by atoms with Gasteiger partial charge < -0.3 is 0 Å². The van der Waals surface area contributed by atoms with E-state index in [-0.39, 0.29) is 5.75 Å². The summed E-state index contributed by atoms with van der Waals surface area (Å²) in [6.07, 6.45) is 9.13. The highest BCUT2D eigenvalue weighted by Gasteiger charge is 2.20. The highest BCUT2D eigenvalue weighted by molar-refractivity contribution is 5.94. The Bertz CT molecular complexity index is 735. The van der Waals surface area contributed by atoms with Crippen molar-refractivity contribution >= 4 is 16.3 Å². The first-order valence-corrected chi connectivity index (χ1v) is 6.94. The zero-order valence-corrected chi connectivity index (χ0v) is 10.8.